The Morgan fingerprint density at radius 3 is 2.58 bits per heavy atom. The van der Waals surface area contributed by atoms with Gasteiger partial charge >= 0.3 is 0 Å². The van der Waals surface area contributed by atoms with E-state index in [1.165, 1.54) is 0 Å². The van der Waals surface area contributed by atoms with Crippen LogP contribution in [0.3, 0.4) is 0 Å². The van der Waals surface area contributed by atoms with Gasteiger partial charge in [-0.25, -0.2) is 5.43 Å². The van der Waals surface area contributed by atoms with Crippen molar-refractivity contribution in [2.45, 2.75) is 32.1 Å². The number of nitrogens with one attached hydrogen (secondary N) is 1. The van der Waals surface area contributed by atoms with Crippen LogP contribution in [0.4, 0.5) is 0 Å². The molecular formula is C22H21N3O. The molecule has 4 nitrogen and oxygen atoms in total. The maximum absolute atomic E-state index is 12.9. The Bertz CT molecular complexity index is 975. The zero-order valence-electron chi connectivity index (χ0n) is 14.8. The van der Waals surface area contributed by atoms with Crippen molar-refractivity contribution >= 4 is 22.5 Å². The lowest BCUT2D eigenvalue weighted by atomic mass is 10.1. The summed E-state index contributed by atoms with van der Waals surface area (Å²) in [4.78, 5) is 17.6. The smallest absolute Gasteiger partial charge is 0.267 e. The standard InChI is InChI=1S/C22H21N3O/c1-2-19(15-8-4-3-5-9-15)24-25-22(26)18-14-21(16-12-13-16)23-20-11-7-6-10-17(18)20/h3-11,14,16H,2,12-13H2,1H3,(H,25,26)/b24-19+. The molecular weight excluding hydrogens is 322 g/mol. The van der Waals surface area contributed by atoms with Crippen LogP contribution in [0.25, 0.3) is 10.9 Å². The van der Waals surface area contributed by atoms with Crippen LogP contribution < -0.4 is 5.43 Å². The van der Waals surface area contributed by atoms with Crippen LogP contribution >= 0.6 is 0 Å². The molecule has 3 aromatic rings. The monoisotopic (exact) mass is 343 g/mol. The van der Waals surface area contributed by atoms with Crippen LogP contribution in [0.1, 0.15) is 53.7 Å². The van der Waals surface area contributed by atoms with Gasteiger partial charge in [0.1, 0.15) is 0 Å². The van der Waals surface area contributed by atoms with Crippen LogP contribution in [-0.4, -0.2) is 16.6 Å². The molecule has 1 aliphatic rings. The normalized spacial score (nSPS) is 14.4. The molecule has 0 spiro atoms. The number of nitrogens with zero attached hydrogens (tertiary/aromatic N) is 2. The number of benzene rings is 2. The number of rotatable bonds is 5. The van der Waals surface area contributed by atoms with Gasteiger partial charge < -0.3 is 0 Å². The highest BCUT2D eigenvalue weighted by Gasteiger charge is 2.26. The van der Waals surface area contributed by atoms with E-state index in [1.807, 2.05) is 67.6 Å². The number of hydrogen-bond acceptors (Lipinski definition) is 3. The molecule has 4 heteroatoms. The first-order valence-electron chi connectivity index (χ1n) is 9.08. The lowest BCUT2D eigenvalue weighted by Crippen LogP contribution is -2.20. The Kier molecular flexibility index (Phi) is 4.48. The summed E-state index contributed by atoms with van der Waals surface area (Å²) in [5, 5.41) is 5.25. The van der Waals surface area contributed by atoms with Crippen molar-refractivity contribution in [1.29, 1.82) is 0 Å². The quantitative estimate of drug-likeness (QED) is 0.541. The second-order valence-electron chi connectivity index (χ2n) is 6.61. The zero-order chi connectivity index (χ0) is 17.9. The third-order valence-corrected chi connectivity index (χ3v) is 4.71. The number of amides is 1. The number of carbonyl (C=O) groups is 1. The van der Waals surface area contributed by atoms with E-state index in [9.17, 15) is 4.79 Å². The van der Waals surface area contributed by atoms with Crippen LogP contribution in [0.2, 0.25) is 0 Å². The van der Waals surface area contributed by atoms with Gasteiger partial charge in [0, 0.05) is 17.0 Å². The summed E-state index contributed by atoms with van der Waals surface area (Å²) in [6.45, 7) is 2.03. The lowest BCUT2D eigenvalue weighted by molar-refractivity contribution is 0.0956. The Hall–Kier alpha value is -3.01. The van der Waals surface area contributed by atoms with Crippen molar-refractivity contribution in [3.05, 3.63) is 77.5 Å². The molecule has 0 aliphatic heterocycles. The van der Waals surface area contributed by atoms with E-state index in [0.29, 0.717) is 11.5 Å². The molecule has 1 fully saturated rings. The van der Waals surface area contributed by atoms with Crippen molar-refractivity contribution in [1.82, 2.24) is 10.4 Å². The Morgan fingerprint density at radius 1 is 1.12 bits per heavy atom. The van der Waals surface area contributed by atoms with Crippen molar-refractivity contribution in [2.24, 2.45) is 5.10 Å². The first kappa shape index (κ1) is 16.5. The Labute approximate surface area is 153 Å². The molecule has 1 heterocycles. The van der Waals surface area contributed by atoms with E-state index in [2.05, 4.69) is 10.5 Å². The van der Waals surface area contributed by atoms with Crippen molar-refractivity contribution in [3.8, 4) is 0 Å². The number of para-hydroxylation sites is 1. The molecule has 0 atom stereocenters. The zero-order valence-corrected chi connectivity index (χ0v) is 14.8. The van der Waals surface area contributed by atoms with Gasteiger partial charge in [-0.2, -0.15) is 5.10 Å². The topological polar surface area (TPSA) is 54.4 Å². The predicted octanol–water partition coefficient (Wildman–Crippen LogP) is 4.66. The minimum absolute atomic E-state index is 0.188. The fraction of sp³-hybridized carbons (Fsp3) is 0.227. The van der Waals surface area contributed by atoms with Gasteiger partial charge in [-0.05, 0) is 37.0 Å². The van der Waals surface area contributed by atoms with Crippen molar-refractivity contribution in [2.75, 3.05) is 0 Å². The summed E-state index contributed by atoms with van der Waals surface area (Å²) in [5.74, 6) is 0.303. The van der Waals surface area contributed by atoms with Gasteiger partial charge in [-0.3, -0.25) is 9.78 Å². The molecule has 0 bridgehead atoms. The highest BCUT2D eigenvalue weighted by molar-refractivity contribution is 6.07. The van der Waals surface area contributed by atoms with Gasteiger partial charge in [0.2, 0.25) is 0 Å². The first-order valence-corrected chi connectivity index (χ1v) is 9.08. The SMILES string of the molecule is CC/C(=N\NC(=O)c1cc(C2CC2)nc2ccccc12)c1ccccc1. The number of hydrazone groups is 1. The van der Waals surface area contributed by atoms with E-state index in [-0.39, 0.29) is 5.91 Å². The number of hydrogen-bond donors (Lipinski definition) is 1. The van der Waals surface area contributed by atoms with Crippen LogP contribution in [-0.2, 0) is 0 Å². The molecule has 1 N–H and O–H groups in total. The Morgan fingerprint density at radius 2 is 1.85 bits per heavy atom. The van der Waals surface area contributed by atoms with Gasteiger partial charge in [0.05, 0.1) is 16.8 Å². The summed E-state index contributed by atoms with van der Waals surface area (Å²) < 4.78 is 0. The number of fused-ring (bicyclic) bond motifs is 1. The number of aromatic nitrogens is 1. The van der Waals surface area contributed by atoms with Gasteiger partial charge in [0.15, 0.2) is 0 Å². The Balaban J connectivity index is 1.66. The molecule has 1 aromatic heterocycles. The maximum atomic E-state index is 12.9. The minimum Gasteiger partial charge on any atom is -0.267 e. The van der Waals surface area contributed by atoms with Crippen molar-refractivity contribution < 1.29 is 4.79 Å². The highest BCUT2D eigenvalue weighted by atomic mass is 16.2. The predicted molar refractivity (Wildman–Crippen MR) is 104 cm³/mol. The van der Waals surface area contributed by atoms with Crippen LogP contribution in [0.5, 0.6) is 0 Å². The molecule has 0 saturated heterocycles. The maximum Gasteiger partial charge on any atom is 0.272 e. The van der Waals surface area contributed by atoms with Gasteiger partial charge in [-0.1, -0.05) is 55.5 Å². The number of carbonyl (C=O) groups excluding carboxylic acids is 1. The molecule has 2 aromatic carbocycles. The summed E-state index contributed by atoms with van der Waals surface area (Å²) >= 11 is 0. The lowest BCUT2D eigenvalue weighted by Gasteiger charge is -2.09. The fourth-order valence-corrected chi connectivity index (χ4v) is 3.13. The van der Waals surface area contributed by atoms with E-state index in [1.54, 1.807) is 0 Å². The summed E-state index contributed by atoms with van der Waals surface area (Å²) in [7, 11) is 0. The summed E-state index contributed by atoms with van der Waals surface area (Å²) in [6, 6.07) is 19.6. The molecule has 26 heavy (non-hydrogen) atoms. The van der Waals surface area contributed by atoms with Crippen LogP contribution in [0, 0.1) is 0 Å². The van der Waals surface area contributed by atoms with E-state index in [0.717, 1.165) is 47.1 Å². The minimum atomic E-state index is -0.188. The third kappa shape index (κ3) is 3.36. The van der Waals surface area contributed by atoms with E-state index >= 15 is 0 Å². The average molecular weight is 343 g/mol. The fourth-order valence-electron chi connectivity index (χ4n) is 3.13. The first-order chi connectivity index (χ1) is 12.8. The highest BCUT2D eigenvalue weighted by Crippen LogP contribution is 2.40. The second-order valence-corrected chi connectivity index (χ2v) is 6.61. The van der Waals surface area contributed by atoms with Crippen LogP contribution in [0.15, 0.2) is 65.8 Å². The molecule has 1 aliphatic carbocycles. The second kappa shape index (κ2) is 7.08. The average Bonchev–Trinajstić information content (AvgIpc) is 3.53. The van der Waals surface area contributed by atoms with E-state index < -0.39 is 0 Å². The molecule has 130 valence electrons. The summed E-state index contributed by atoms with van der Waals surface area (Å²) in [6.07, 6.45) is 3.05. The summed E-state index contributed by atoms with van der Waals surface area (Å²) in [5.41, 5.74) is 7.15. The van der Waals surface area contributed by atoms with E-state index in [4.69, 9.17) is 4.98 Å². The number of pyridine rings is 1. The van der Waals surface area contributed by atoms with Gasteiger partial charge in [-0.15, -0.1) is 0 Å². The van der Waals surface area contributed by atoms with Crippen molar-refractivity contribution in [3.63, 3.8) is 0 Å². The molecule has 0 radical (unpaired) electrons. The largest absolute Gasteiger partial charge is 0.272 e. The molecule has 1 saturated carbocycles. The molecule has 0 unspecified atom stereocenters. The molecule has 4 rings (SSSR count). The van der Waals surface area contributed by atoms with Gasteiger partial charge in [0.25, 0.3) is 5.91 Å². The third-order valence-electron chi connectivity index (χ3n) is 4.71. The molecule has 1 amide bonds.